The lowest BCUT2D eigenvalue weighted by atomic mass is 9.99. The third kappa shape index (κ3) is 7.13. The number of aliphatic hydroxyl groups is 4. The standard InChI is InChI=1S/C35H37N3O9/c39-21-28-31(41)33(32(42)35(44)47-28)45-19-6-5-14-29(40)46-23-9-7-8-22(20-23)37-15-17-38(18-16-37)34(43)30-24-10-1-3-12-26(24)36-27-13-4-2-11-25(27)30/h1-5,7-14,20,28,31-33,35,39,41-42,44H,6,15-19,21H2. The first kappa shape index (κ1) is 32.5. The van der Waals surface area contributed by atoms with Gasteiger partial charge in [0.15, 0.2) is 6.29 Å². The molecule has 0 bridgehead atoms. The Labute approximate surface area is 271 Å². The SMILES string of the molecule is O=C(C=CCCOC1C(O)C(O)OC(CO)C1O)Oc1cccc(N2CCN(C(=O)c3c4ccccc4nc4ccccc34)CC2)c1. The first-order valence-electron chi connectivity index (χ1n) is 15.6. The van der Waals surface area contributed by atoms with Gasteiger partial charge in [-0.1, -0.05) is 48.5 Å². The van der Waals surface area contributed by atoms with E-state index in [1.807, 2.05) is 59.5 Å². The van der Waals surface area contributed by atoms with E-state index in [0.717, 1.165) is 27.5 Å². The summed E-state index contributed by atoms with van der Waals surface area (Å²) >= 11 is 0. The quantitative estimate of drug-likeness (QED) is 0.0694. The Bertz CT molecular complexity index is 1700. The zero-order valence-corrected chi connectivity index (χ0v) is 25.6. The summed E-state index contributed by atoms with van der Waals surface area (Å²) < 4.78 is 15.9. The summed E-state index contributed by atoms with van der Waals surface area (Å²) in [6.07, 6.45) is -3.59. The molecule has 2 saturated heterocycles. The number of esters is 1. The first-order valence-corrected chi connectivity index (χ1v) is 15.6. The number of aliphatic hydroxyl groups excluding tert-OH is 4. The third-order valence-electron chi connectivity index (χ3n) is 8.46. The summed E-state index contributed by atoms with van der Waals surface area (Å²) in [5.41, 5.74) is 3.11. The summed E-state index contributed by atoms with van der Waals surface area (Å²) in [6.45, 7) is 1.76. The molecule has 4 N–H and O–H groups in total. The van der Waals surface area contributed by atoms with Gasteiger partial charge in [0.1, 0.15) is 30.2 Å². The van der Waals surface area contributed by atoms with E-state index in [2.05, 4.69) is 4.90 Å². The molecule has 4 aromatic rings. The lowest BCUT2D eigenvalue weighted by Gasteiger charge is -2.39. The molecule has 0 aliphatic carbocycles. The predicted octanol–water partition coefficient (Wildman–Crippen LogP) is 2.02. The van der Waals surface area contributed by atoms with E-state index in [1.54, 1.807) is 18.2 Å². The number of anilines is 1. The molecule has 3 heterocycles. The largest absolute Gasteiger partial charge is 0.423 e. The number of aromatic nitrogens is 1. The van der Waals surface area contributed by atoms with Crippen molar-refractivity contribution >= 4 is 39.4 Å². The zero-order valence-electron chi connectivity index (χ0n) is 25.6. The summed E-state index contributed by atoms with van der Waals surface area (Å²) in [6, 6.07) is 22.6. The Morgan fingerprint density at radius 2 is 1.57 bits per heavy atom. The summed E-state index contributed by atoms with van der Waals surface area (Å²) in [4.78, 5) is 35.1. The molecule has 0 saturated carbocycles. The Balaban J connectivity index is 1.02. The van der Waals surface area contributed by atoms with Crippen LogP contribution in [0.4, 0.5) is 5.69 Å². The molecule has 1 amide bonds. The van der Waals surface area contributed by atoms with Crippen molar-refractivity contribution < 1.29 is 44.2 Å². The smallest absolute Gasteiger partial charge is 0.335 e. The van der Waals surface area contributed by atoms with E-state index in [1.165, 1.54) is 12.2 Å². The number of fused-ring (bicyclic) bond motifs is 2. The van der Waals surface area contributed by atoms with Crippen LogP contribution in [-0.2, 0) is 14.3 Å². The fourth-order valence-electron chi connectivity index (χ4n) is 6.01. The van der Waals surface area contributed by atoms with Gasteiger partial charge in [0, 0.05) is 54.8 Å². The number of ether oxygens (including phenoxy) is 3. The average molecular weight is 644 g/mol. The highest BCUT2D eigenvalue weighted by Gasteiger charge is 2.44. The van der Waals surface area contributed by atoms with Crippen LogP contribution in [-0.4, -0.2) is 112 Å². The van der Waals surface area contributed by atoms with Crippen molar-refractivity contribution in [2.45, 2.75) is 37.1 Å². The lowest BCUT2D eigenvalue weighted by Crippen LogP contribution is -2.59. The summed E-state index contributed by atoms with van der Waals surface area (Å²) in [5.74, 6) is -0.234. The summed E-state index contributed by atoms with van der Waals surface area (Å²) in [5, 5.41) is 41.0. The Hall–Kier alpha value is -4.43. The molecule has 12 nitrogen and oxygen atoms in total. The van der Waals surface area contributed by atoms with Gasteiger partial charge in [-0.3, -0.25) is 4.79 Å². The molecule has 0 spiro atoms. The van der Waals surface area contributed by atoms with Crippen LogP contribution >= 0.6 is 0 Å². The van der Waals surface area contributed by atoms with Gasteiger partial charge in [-0.15, -0.1) is 0 Å². The molecule has 1 aromatic heterocycles. The topological polar surface area (TPSA) is 162 Å². The third-order valence-corrected chi connectivity index (χ3v) is 8.46. The van der Waals surface area contributed by atoms with Gasteiger partial charge < -0.3 is 44.4 Å². The molecule has 5 atom stereocenters. The monoisotopic (exact) mass is 643 g/mol. The number of para-hydroxylation sites is 2. The van der Waals surface area contributed by atoms with Crippen LogP contribution in [0.3, 0.4) is 0 Å². The molecule has 5 unspecified atom stereocenters. The molecule has 2 aliphatic rings. The molecule has 2 aliphatic heterocycles. The van der Waals surface area contributed by atoms with E-state index in [0.29, 0.717) is 37.5 Å². The number of hydrogen-bond donors (Lipinski definition) is 4. The normalized spacial score (nSPS) is 23.4. The van der Waals surface area contributed by atoms with Gasteiger partial charge >= 0.3 is 5.97 Å². The van der Waals surface area contributed by atoms with E-state index < -0.39 is 43.3 Å². The molecule has 12 heteroatoms. The van der Waals surface area contributed by atoms with Crippen LogP contribution in [0, 0.1) is 0 Å². The highest BCUT2D eigenvalue weighted by Crippen LogP contribution is 2.29. The van der Waals surface area contributed by atoms with Crippen LogP contribution < -0.4 is 9.64 Å². The average Bonchev–Trinajstić information content (AvgIpc) is 3.09. The van der Waals surface area contributed by atoms with Crippen molar-refractivity contribution in [2.24, 2.45) is 0 Å². The molecule has 2 fully saturated rings. The number of rotatable bonds is 9. The zero-order chi connectivity index (χ0) is 32.9. The van der Waals surface area contributed by atoms with Crippen molar-refractivity contribution in [1.82, 2.24) is 9.88 Å². The lowest BCUT2D eigenvalue weighted by molar-refractivity contribution is -0.294. The maximum atomic E-state index is 13.9. The number of amides is 1. The van der Waals surface area contributed by atoms with Crippen molar-refractivity contribution in [3.63, 3.8) is 0 Å². The van der Waals surface area contributed by atoms with E-state index in [9.17, 15) is 30.0 Å². The maximum Gasteiger partial charge on any atom is 0.335 e. The van der Waals surface area contributed by atoms with Gasteiger partial charge in [0.05, 0.1) is 29.8 Å². The van der Waals surface area contributed by atoms with Crippen LogP contribution in [0.1, 0.15) is 16.8 Å². The minimum Gasteiger partial charge on any atom is -0.423 e. The van der Waals surface area contributed by atoms with Gasteiger partial charge in [0.25, 0.3) is 5.91 Å². The number of carbonyl (C=O) groups excluding carboxylic acids is 2. The first-order chi connectivity index (χ1) is 22.8. The number of piperazine rings is 1. The van der Waals surface area contributed by atoms with Crippen molar-refractivity contribution in [1.29, 1.82) is 0 Å². The second-order valence-electron chi connectivity index (χ2n) is 11.5. The minimum absolute atomic E-state index is 0.0219. The van der Waals surface area contributed by atoms with E-state index >= 15 is 0 Å². The maximum absolute atomic E-state index is 13.9. The van der Waals surface area contributed by atoms with E-state index in [-0.39, 0.29) is 18.9 Å². The van der Waals surface area contributed by atoms with Crippen molar-refractivity contribution in [2.75, 3.05) is 44.3 Å². The fraction of sp³-hybridized carbons (Fsp3) is 0.343. The van der Waals surface area contributed by atoms with Gasteiger partial charge in [-0.2, -0.15) is 0 Å². The number of benzene rings is 3. The number of pyridine rings is 1. The molecule has 246 valence electrons. The number of hydrogen-bond acceptors (Lipinski definition) is 11. The predicted molar refractivity (Wildman–Crippen MR) is 173 cm³/mol. The number of carbonyl (C=O) groups is 2. The minimum atomic E-state index is -1.60. The second kappa shape index (κ2) is 14.6. The Morgan fingerprint density at radius 3 is 2.26 bits per heavy atom. The number of nitrogens with zero attached hydrogens (tertiary/aromatic N) is 3. The van der Waals surface area contributed by atoms with Crippen LogP contribution in [0.5, 0.6) is 5.75 Å². The van der Waals surface area contributed by atoms with Crippen LogP contribution in [0.2, 0.25) is 0 Å². The molecular formula is C35H37N3O9. The highest BCUT2D eigenvalue weighted by atomic mass is 16.6. The second-order valence-corrected chi connectivity index (χ2v) is 11.5. The van der Waals surface area contributed by atoms with Gasteiger partial charge in [-0.25, -0.2) is 9.78 Å². The van der Waals surface area contributed by atoms with Gasteiger partial charge in [0.2, 0.25) is 0 Å². The molecule has 0 radical (unpaired) electrons. The Kier molecular flexibility index (Phi) is 10.1. The van der Waals surface area contributed by atoms with Gasteiger partial charge in [-0.05, 0) is 30.7 Å². The highest BCUT2D eigenvalue weighted by molar-refractivity contribution is 6.16. The Morgan fingerprint density at radius 1 is 0.894 bits per heavy atom. The molecule has 3 aromatic carbocycles. The van der Waals surface area contributed by atoms with Crippen LogP contribution in [0.25, 0.3) is 21.8 Å². The molecule has 47 heavy (non-hydrogen) atoms. The van der Waals surface area contributed by atoms with Crippen LogP contribution in [0.15, 0.2) is 84.9 Å². The molecule has 6 rings (SSSR count). The fourth-order valence-corrected chi connectivity index (χ4v) is 6.01. The van der Waals surface area contributed by atoms with Crippen molar-refractivity contribution in [3.05, 3.63) is 90.5 Å². The van der Waals surface area contributed by atoms with E-state index in [4.69, 9.17) is 19.2 Å². The summed E-state index contributed by atoms with van der Waals surface area (Å²) in [7, 11) is 0. The van der Waals surface area contributed by atoms with Crippen molar-refractivity contribution in [3.8, 4) is 5.75 Å². The molecular weight excluding hydrogens is 606 g/mol.